The highest BCUT2D eigenvalue weighted by Gasteiger charge is 2.84. The highest BCUT2D eigenvalue weighted by atomic mass is 15.2. The fraction of sp³-hybridized carbons (Fsp3) is 0.464. The molecule has 0 aromatic heterocycles. The number of hydrogen-bond donors (Lipinski definition) is 0. The van der Waals surface area contributed by atoms with Crippen molar-refractivity contribution in [3.63, 3.8) is 0 Å². The van der Waals surface area contributed by atoms with Crippen LogP contribution >= 0.6 is 0 Å². The first kappa shape index (κ1) is 34.9. The Bertz CT molecular complexity index is 2450. The van der Waals surface area contributed by atoms with Crippen molar-refractivity contribution in [2.45, 2.75) is 134 Å². The molecule has 57 heavy (non-hydrogen) atoms. The van der Waals surface area contributed by atoms with Gasteiger partial charge in [0.25, 0.3) is 0 Å². The molecule has 4 saturated carbocycles. The minimum Gasteiger partial charge on any atom is -0.310 e. The van der Waals surface area contributed by atoms with Crippen LogP contribution in [0.1, 0.15) is 140 Å². The van der Waals surface area contributed by atoms with E-state index in [1.807, 2.05) is 0 Å². The lowest BCUT2D eigenvalue weighted by Crippen LogP contribution is -2.73. The highest BCUT2D eigenvalue weighted by Crippen LogP contribution is 2.90. The molecular weight excluding hydrogens is 687 g/mol. The van der Waals surface area contributed by atoms with Crippen LogP contribution in [0.25, 0.3) is 22.3 Å². The van der Waals surface area contributed by atoms with Crippen molar-refractivity contribution in [1.29, 1.82) is 0 Å². The molecule has 1 heteroatoms. The maximum atomic E-state index is 2.69. The Morgan fingerprint density at radius 3 is 1.61 bits per heavy atom. The van der Waals surface area contributed by atoms with Crippen LogP contribution in [0.5, 0.6) is 0 Å². The van der Waals surface area contributed by atoms with Gasteiger partial charge in [-0.2, -0.15) is 0 Å². The molecule has 0 amide bonds. The summed E-state index contributed by atoms with van der Waals surface area (Å²) in [6.07, 6.45) is 10.7. The first-order chi connectivity index (χ1) is 27.2. The van der Waals surface area contributed by atoms with Gasteiger partial charge in [-0.3, -0.25) is 0 Å². The zero-order chi connectivity index (χ0) is 39.1. The Morgan fingerprint density at radius 2 is 0.982 bits per heavy atom. The zero-order valence-electron chi connectivity index (χ0n) is 35.7. The molecule has 1 nitrogen and oxygen atoms in total. The van der Waals surface area contributed by atoms with Crippen molar-refractivity contribution in [2.24, 2.45) is 29.1 Å². The molecule has 4 fully saturated rings. The van der Waals surface area contributed by atoms with Gasteiger partial charge in [0.1, 0.15) is 0 Å². The summed E-state index contributed by atoms with van der Waals surface area (Å²) in [5.41, 5.74) is 20.5. The first-order valence-electron chi connectivity index (χ1n) is 22.6. The quantitative estimate of drug-likeness (QED) is 0.177. The minimum absolute atomic E-state index is 0.0670. The first-order valence-corrected chi connectivity index (χ1v) is 22.6. The van der Waals surface area contributed by atoms with Gasteiger partial charge in [0, 0.05) is 11.1 Å². The largest absolute Gasteiger partial charge is 0.310 e. The molecule has 5 aromatic carbocycles. The van der Waals surface area contributed by atoms with Crippen LogP contribution in [-0.2, 0) is 27.1 Å². The summed E-state index contributed by atoms with van der Waals surface area (Å²) in [6, 6.07) is 41.2. The SMILES string of the molecule is CC1(C)CCC(C)(C)c2c(N(c3ccc(-c4cccc5c4C4(c6ccccc6-5)C5CC6CC7CC4C75C6)cc3)c3cccc4c3C(C)(C)CCC4(C)C)cccc21. The second-order valence-corrected chi connectivity index (χ2v) is 22.7. The molecule has 0 N–H and O–H groups in total. The Hall–Kier alpha value is -4.10. The van der Waals surface area contributed by atoms with Crippen LogP contribution in [0.3, 0.4) is 0 Å². The Kier molecular flexibility index (Phi) is 6.69. The van der Waals surface area contributed by atoms with Gasteiger partial charge in [0.2, 0.25) is 0 Å². The van der Waals surface area contributed by atoms with E-state index in [2.05, 4.69) is 163 Å². The second kappa shape index (κ2) is 10.9. The molecule has 290 valence electrons. The van der Waals surface area contributed by atoms with E-state index in [0.29, 0.717) is 5.41 Å². The van der Waals surface area contributed by atoms with Crippen molar-refractivity contribution in [2.75, 3.05) is 4.90 Å². The molecule has 7 aliphatic carbocycles. The maximum absolute atomic E-state index is 2.69. The van der Waals surface area contributed by atoms with Crippen molar-refractivity contribution in [3.8, 4) is 22.3 Å². The van der Waals surface area contributed by atoms with E-state index in [0.717, 1.165) is 23.7 Å². The van der Waals surface area contributed by atoms with E-state index in [1.165, 1.54) is 113 Å². The monoisotopic (exact) mass is 747 g/mol. The fourth-order valence-electron chi connectivity index (χ4n) is 15.6. The summed E-state index contributed by atoms with van der Waals surface area (Å²) < 4.78 is 0. The molecule has 6 unspecified atom stereocenters. The van der Waals surface area contributed by atoms with Gasteiger partial charge in [0.05, 0.1) is 11.4 Å². The van der Waals surface area contributed by atoms with Gasteiger partial charge in [-0.1, -0.05) is 134 Å². The minimum atomic E-state index is 0.0670. The molecule has 12 rings (SSSR count). The van der Waals surface area contributed by atoms with Crippen molar-refractivity contribution < 1.29 is 0 Å². The van der Waals surface area contributed by atoms with Crippen LogP contribution in [0.15, 0.2) is 103 Å². The predicted octanol–water partition coefficient (Wildman–Crippen LogP) is 14.9. The van der Waals surface area contributed by atoms with Gasteiger partial charge >= 0.3 is 0 Å². The van der Waals surface area contributed by atoms with Gasteiger partial charge in [-0.25, -0.2) is 0 Å². The predicted molar refractivity (Wildman–Crippen MR) is 238 cm³/mol. The molecule has 5 aromatic rings. The lowest BCUT2D eigenvalue weighted by atomic mass is 9.26. The van der Waals surface area contributed by atoms with Crippen molar-refractivity contribution in [3.05, 3.63) is 137 Å². The van der Waals surface area contributed by atoms with Crippen LogP contribution < -0.4 is 4.90 Å². The summed E-state index contributed by atoms with van der Waals surface area (Å²) in [4.78, 5) is 2.69. The van der Waals surface area contributed by atoms with Crippen molar-refractivity contribution >= 4 is 17.1 Å². The smallest absolute Gasteiger partial charge is 0.0502 e. The third kappa shape index (κ3) is 4.18. The average molecular weight is 748 g/mol. The van der Waals surface area contributed by atoms with Gasteiger partial charge in [-0.05, 0) is 182 Å². The number of hydrogen-bond acceptors (Lipinski definition) is 1. The van der Waals surface area contributed by atoms with Gasteiger partial charge < -0.3 is 4.90 Å². The third-order valence-corrected chi connectivity index (χ3v) is 18.2. The number of nitrogens with zero attached hydrogens (tertiary/aromatic N) is 1. The molecule has 0 saturated heterocycles. The van der Waals surface area contributed by atoms with Gasteiger partial charge in [-0.15, -0.1) is 0 Å². The average Bonchev–Trinajstić information content (AvgIpc) is 3.83. The van der Waals surface area contributed by atoms with E-state index in [1.54, 1.807) is 11.1 Å². The highest BCUT2D eigenvalue weighted by molar-refractivity contribution is 5.91. The summed E-state index contributed by atoms with van der Waals surface area (Å²) in [7, 11) is 0. The normalized spacial score (nSPS) is 31.6. The van der Waals surface area contributed by atoms with E-state index in [9.17, 15) is 0 Å². The molecule has 0 heterocycles. The summed E-state index contributed by atoms with van der Waals surface area (Å²) in [5, 5.41) is 0. The van der Waals surface area contributed by atoms with E-state index >= 15 is 0 Å². The lowest BCUT2D eigenvalue weighted by molar-refractivity contribution is -0.231. The van der Waals surface area contributed by atoms with E-state index in [-0.39, 0.29) is 27.1 Å². The van der Waals surface area contributed by atoms with Crippen LogP contribution in [0.4, 0.5) is 17.1 Å². The van der Waals surface area contributed by atoms with Crippen LogP contribution in [-0.4, -0.2) is 0 Å². The standard InChI is InChI=1S/C56H61N/c1-51(2)26-28-53(5,6)49-42(51)18-12-20-44(49)57(45-21-13-19-43-50(45)54(7,8)29-27-52(43,3)4)37-24-22-35(23-25-37)38-15-11-16-40-39-14-9-10-17-41(39)56(48(38)40)46-31-34-30-36-32-47(56)55(36,46)33-34/h9-25,34,36,46-47H,26-33H2,1-8H3. The molecular formula is C56H61N. The molecule has 7 aliphatic rings. The number of anilines is 3. The van der Waals surface area contributed by atoms with Gasteiger partial charge in [0.15, 0.2) is 0 Å². The molecule has 0 radical (unpaired) electrons. The molecule has 2 spiro atoms. The molecule has 0 aliphatic heterocycles. The van der Waals surface area contributed by atoms with Crippen LogP contribution in [0, 0.1) is 29.1 Å². The second-order valence-electron chi connectivity index (χ2n) is 22.7. The van der Waals surface area contributed by atoms with Crippen LogP contribution in [0.2, 0.25) is 0 Å². The fourth-order valence-corrected chi connectivity index (χ4v) is 15.6. The third-order valence-electron chi connectivity index (χ3n) is 18.2. The van der Waals surface area contributed by atoms with E-state index < -0.39 is 0 Å². The zero-order valence-corrected chi connectivity index (χ0v) is 35.7. The Balaban J connectivity index is 1.05. The Labute approximate surface area is 342 Å². The number of fused-ring (bicyclic) bond motifs is 10. The topological polar surface area (TPSA) is 3.24 Å². The van der Waals surface area contributed by atoms with E-state index in [4.69, 9.17) is 0 Å². The van der Waals surface area contributed by atoms with Crippen molar-refractivity contribution in [1.82, 2.24) is 0 Å². The summed E-state index contributed by atoms with van der Waals surface area (Å²) in [5.74, 6) is 3.56. The molecule has 2 bridgehead atoms. The Morgan fingerprint density at radius 1 is 0.456 bits per heavy atom. The number of benzene rings is 5. The summed E-state index contributed by atoms with van der Waals surface area (Å²) in [6.45, 7) is 19.8. The maximum Gasteiger partial charge on any atom is 0.0502 e. The lowest BCUT2D eigenvalue weighted by Gasteiger charge is -2.76. The molecule has 6 atom stereocenters. The number of rotatable bonds is 4. The summed E-state index contributed by atoms with van der Waals surface area (Å²) >= 11 is 0.